The topological polar surface area (TPSA) is 103 Å². The number of hydrogen-bond donors (Lipinski definition) is 0. The van der Waals surface area contributed by atoms with Gasteiger partial charge in [0.1, 0.15) is 5.78 Å². The number of allylic oxidation sites excluding steroid dienone is 2. The first kappa shape index (κ1) is 15.8. The molecular formula is C15H16N2O5. The minimum absolute atomic E-state index is 0.0480. The van der Waals surface area contributed by atoms with Crippen LogP contribution in [0.4, 0.5) is 11.4 Å². The Labute approximate surface area is 126 Å². The molecule has 0 heterocycles. The largest absolute Gasteiger partial charge is 0.299 e. The quantitative estimate of drug-likeness (QED) is 0.436. The lowest BCUT2D eigenvalue weighted by Crippen LogP contribution is -2.11. The van der Waals surface area contributed by atoms with Crippen molar-refractivity contribution in [3.63, 3.8) is 0 Å². The van der Waals surface area contributed by atoms with Gasteiger partial charge in [0.05, 0.1) is 15.9 Å². The summed E-state index contributed by atoms with van der Waals surface area (Å²) in [5.41, 5.74) is -0.138. The lowest BCUT2D eigenvalue weighted by atomic mass is 9.96. The molecule has 7 heteroatoms. The molecule has 22 heavy (non-hydrogen) atoms. The Morgan fingerprint density at radius 2 is 1.82 bits per heavy atom. The monoisotopic (exact) mass is 304 g/mol. The van der Waals surface area contributed by atoms with Gasteiger partial charge in [0.2, 0.25) is 0 Å². The minimum Gasteiger partial charge on any atom is -0.299 e. The van der Waals surface area contributed by atoms with E-state index in [4.69, 9.17) is 0 Å². The molecule has 0 bridgehead atoms. The SMILES string of the molecule is O=C(CCCc1ccc([N+](=O)[O-])cc1[N+](=O)[O-])C1CC=CC1. The molecule has 0 saturated carbocycles. The summed E-state index contributed by atoms with van der Waals surface area (Å²) in [6.07, 6.45) is 6.77. The fourth-order valence-electron chi connectivity index (χ4n) is 2.58. The van der Waals surface area contributed by atoms with Crippen LogP contribution in [0, 0.1) is 26.1 Å². The first-order valence-corrected chi connectivity index (χ1v) is 7.08. The second kappa shape index (κ2) is 6.93. The third-order valence-electron chi connectivity index (χ3n) is 3.81. The summed E-state index contributed by atoms with van der Waals surface area (Å²) in [6.45, 7) is 0. The second-order valence-corrected chi connectivity index (χ2v) is 5.29. The molecule has 1 aromatic carbocycles. The molecule has 0 N–H and O–H groups in total. The lowest BCUT2D eigenvalue weighted by Gasteiger charge is -2.08. The first-order valence-electron chi connectivity index (χ1n) is 7.08. The van der Waals surface area contributed by atoms with E-state index in [9.17, 15) is 25.0 Å². The third-order valence-corrected chi connectivity index (χ3v) is 3.81. The van der Waals surface area contributed by atoms with Gasteiger partial charge in [-0.2, -0.15) is 0 Å². The number of rotatable bonds is 7. The summed E-state index contributed by atoms with van der Waals surface area (Å²) >= 11 is 0. The van der Waals surface area contributed by atoms with Gasteiger partial charge < -0.3 is 0 Å². The molecule has 0 fully saturated rings. The van der Waals surface area contributed by atoms with Gasteiger partial charge in [-0.15, -0.1) is 0 Å². The number of non-ortho nitro benzene ring substituents is 1. The van der Waals surface area contributed by atoms with Crippen molar-refractivity contribution in [2.75, 3.05) is 0 Å². The number of ketones is 1. The summed E-state index contributed by atoms with van der Waals surface area (Å²) in [6, 6.07) is 3.63. The summed E-state index contributed by atoms with van der Waals surface area (Å²) in [4.78, 5) is 32.3. The molecule has 2 rings (SSSR count). The number of nitro groups is 2. The molecule has 0 amide bonds. The highest BCUT2D eigenvalue weighted by molar-refractivity contribution is 5.81. The van der Waals surface area contributed by atoms with Crippen LogP contribution in [0.25, 0.3) is 0 Å². The van der Waals surface area contributed by atoms with E-state index in [1.807, 2.05) is 12.2 Å². The van der Waals surface area contributed by atoms with Crippen molar-refractivity contribution in [1.82, 2.24) is 0 Å². The number of carbonyl (C=O) groups is 1. The standard InChI is InChI=1S/C15H16N2O5/c18-15(12-4-1-2-5-12)7-3-6-11-8-9-13(16(19)20)10-14(11)17(21)22/h1-2,8-10,12H,3-7H2. The Morgan fingerprint density at radius 3 is 2.41 bits per heavy atom. The maximum absolute atomic E-state index is 11.9. The Kier molecular flexibility index (Phi) is 4.98. The molecule has 0 radical (unpaired) electrons. The Balaban J connectivity index is 1.98. The van der Waals surface area contributed by atoms with Crippen molar-refractivity contribution in [3.05, 3.63) is 56.1 Å². The minimum atomic E-state index is -0.659. The van der Waals surface area contributed by atoms with E-state index in [0.717, 1.165) is 18.9 Å². The molecule has 0 aliphatic heterocycles. The average Bonchev–Trinajstić information content (AvgIpc) is 3.01. The average molecular weight is 304 g/mol. The van der Waals surface area contributed by atoms with E-state index in [1.165, 1.54) is 12.1 Å². The maximum atomic E-state index is 11.9. The number of nitro benzene ring substituents is 2. The van der Waals surface area contributed by atoms with E-state index in [-0.39, 0.29) is 23.1 Å². The van der Waals surface area contributed by atoms with Gasteiger partial charge in [-0.05, 0) is 31.7 Å². The van der Waals surface area contributed by atoms with Gasteiger partial charge in [-0.1, -0.05) is 12.2 Å². The molecule has 1 aromatic rings. The molecule has 1 aliphatic carbocycles. The van der Waals surface area contributed by atoms with Crippen LogP contribution in [0.15, 0.2) is 30.4 Å². The molecule has 0 aromatic heterocycles. The van der Waals surface area contributed by atoms with Gasteiger partial charge in [0.15, 0.2) is 0 Å². The van der Waals surface area contributed by atoms with Crippen LogP contribution < -0.4 is 0 Å². The van der Waals surface area contributed by atoms with Gasteiger partial charge in [-0.3, -0.25) is 25.0 Å². The van der Waals surface area contributed by atoms with E-state index < -0.39 is 9.85 Å². The van der Waals surface area contributed by atoms with Gasteiger partial charge in [0, 0.05) is 24.0 Å². The number of carbonyl (C=O) groups excluding carboxylic acids is 1. The molecule has 7 nitrogen and oxygen atoms in total. The van der Waals surface area contributed by atoms with Crippen LogP contribution in [0.5, 0.6) is 0 Å². The molecule has 116 valence electrons. The predicted molar refractivity (Wildman–Crippen MR) is 79.6 cm³/mol. The first-order chi connectivity index (χ1) is 10.5. The van der Waals surface area contributed by atoms with Crippen molar-refractivity contribution in [2.24, 2.45) is 5.92 Å². The predicted octanol–water partition coefficient (Wildman–Crippen LogP) is 3.36. The van der Waals surface area contributed by atoms with E-state index >= 15 is 0 Å². The summed E-state index contributed by atoms with van der Waals surface area (Å²) in [5, 5.41) is 21.7. The third kappa shape index (κ3) is 3.75. The van der Waals surface area contributed by atoms with Gasteiger partial charge in [0.25, 0.3) is 11.4 Å². The molecule has 1 aliphatic rings. The van der Waals surface area contributed by atoms with Crippen molar-refractivity contribution in [2.45, 2.75) is 32.1 Å². The zero-order chi connectivity index (χ0) is 16.1. The normalized spacial score (nSPS) is 14.2. The Bertz CT molecular complexity index is 631. The van der Waals surface area contributed by atoms with Crippen LogP contribution in [0.1, 0.15) is 31.2 Å². The van der Waals surface area contributed by atoms with Crippen molar-refractivity contribution >= 4 is 17.2 Å². The van der Waals surface area contributed by atoms with Gasteiger partial charge >= 0.3 is 0 Å². The van der Waals surface area contributed by atoms with E-state index in [2.05, 4.69) is 0 Å². The number of aryl methyl sites for hydroxylation is 1. The highest BCUT2D eigenvalue weighted by Gasteiger charge is 2.21. The van der Waals surface area contributed by atoms with Crippen molar-refractivity contribution in [3.8, 4) is 0 Å². The molecule has 0 saturated heterocycles. The highest BCUT2D eigenvalue weighted by Crippen LogP contribution is 2.27. The fourth-order valence-corrected chi connectivity index (χ4v) is 2.58. The molecular weight excluding hydrogens is 288 g/mol. The van der Waals surface area contributed by atoms with Crippen molar-refractivity contribution in [1.29, 1.82) is 0 Å². The number of nitrogens with zero attached hydrogens (tertiary/aromatic N) is 2. The second-order valence-electron chi connectivity index (χ2n) is 5.29. The summed E-state index contributed by atoms with van der Waals surface area (Å²) in [7, 11) is 0. The smallest absolute Gasteiger partial charge is 0.279 e. The number of hydrogen-bond acceptors (Lipinski definition) is 5. The fraction of sp³-hybridized carbons (Fsp3) is 0.400. The zero-order valence-electron chi connectivity index (χ0n) is 11.9. The van der Waals surface area contributed by atoms with Crippen LogP contribution in [-0.4, -0.2) is 15.6 Å². The summed E-state index contributed by atoms with van der Waals surface area (Å²) < 4.78 is 0. The molecule has 0 atom stereocenters. The van der Waals surface area contributed by atoms with Crippen LogP contribution >= 0.6 is 0 Å². The van der Waals surface area contributed by atoms with E-state index in [1.54, 1.807) is 0 Å². The zero-order valence-corrected chi connectivity index (χ0v) is 11.9. The molecule has 0 unspecified atom stereocenters. The van der Waals surface area contributed by atoms with Crippen molar-refractivity contribution < 1.29 is 14.6 Å². The summed E-state index contributed by atoms with van der Waals surface area (Å²) in [5.74, 6) is 0.224. The Morgan fingerprint density at radius 1 is 1.14 bits per heavy atom. The van der Waals surface area contributed by atoms with Crippen LogP contribution in [-0.2, 0) is 11.2 Å². The molecule has 0 spiro atoms. The lowest BCUT2D eigenvalue weighted by molar-refractivity contribution is -0.394. The Hall–Kier alpha value is -2.57. The maximum Gasteiger partial charge on any atom is 0.279 e. The number of benzene rings is 1. The van der Waals surface area contributed by atoms with Crippen LogP contribution in [0.2, 0.25) is 0 Å². The highest BCUT2D eigenvalue weighted by atomic mass is 16.6. The van der Waals surface area contributed by atoms with Crippen LogP contribution in [0.3, 0.4) is 0 Å². The van der Waals surface area contributed by atoms with E-state index in [0.29, 0.717) is 24.8 Å². The number of Topliss-reactive ketones (excluding diaryl/α,β-unsaturated/α-hetero) is 1. The van der Waals surface area contributed by atoms with Gasteiger partial charge in [-0.25, -0.2) is 0 Å².